The third-order valence-corrected chi connectivity index (χ3v) is 3.58. The smallest absolute Gasteiger partial charge is 0.282 e. The van der Waals surface area contributed by atoms with E-state index in [1.165, 1.54) is 6.07 Å². The Kier molecular flexibility index (Phi) is 3.63. The van der Waals surface area contributed by atoms with Crippen molar-refractivity contribution < 1.29 is 9.45 Å². The van der Waals surface area contributed by atoms with Gasteiger partial charge >= 0.3 is 0 Å². The number of nitrogens with one attached hydrogen (secondary N) is 1. The third-order valence-electron chi connectivity index (χ3n) is 3.58. The van der Waals surface area contributed by atoms with E-state index in [1.54, 1.807) is 18.2 Å². The van der Waals surface area contributed by atoms with Crippen LogP contribution < -0.4 is 5.32 Å². The number of rotatable bonds is 3. The molecule has 1 aliphatic rings. The minimum atomic E-state index is -0.451. The van der Waals surface area contributed by atoms with Crippen LogP contribution in [0.1, 0.15) is 11.9 Å². The second-order valence-electron chi connectivity index (χ2n) is 4.93. The molecule has 1 aromatic heterocycles. The highest BCUT2D eigenvalue weighted by atomic mass is 16.6. The highest BCUT2D eigenvalue weighted by molar-refractivity contribution is 5.66. The maximum absolute atomic E-state index is 11.1. The van der Waals surface area contributed by atoms with E-state index < -0.39 is 4.92 Å². The molecule has 0 bridgehead atoms. The number of aromatic nitrogens is 2. The minimum Gasteiger partial charge on any atom is -0.334 e. The lowest BCUT2D eigenvalue weighted by atomic mass is 10.1. The van der Waals surface area contributed by atoms with Crippen molar-refractivity contribution in [3.63, 3.8) is 0 Å². The maximum atomic E-state index is 11.1. The SMILES string of the molecule is CN1CCNCC1c1noc(-c2ccccc2[N+](=O)[O-])n1. The van der Waals surface area contributed by atoms with Gasteiger partial charge in [-0.25, -0.2) is 0 Å². The number of hydrogen-bond donors (Lipinski definition) is 1. The number of nitro benzene ring substituents is 1. The van der Waals surface area contributed by atoms with Crippen molar-refractivity contribution in [2.75, 3.05) is 26.7 Å². The summed E-state index contributed by atoms with van der Waals surface area (Å²) in [5.41, 5.74) is 0.301. The van der Waals surface area contributed by atoms with Crippen LogP contribution >= 0.6 is 0 Å². The van der Waals surface area contributed by atoms with Gasteiger partial charge in [-0.3, -0.25) is 15.0 Å². The minimum absolute atomic E-state index is 0.0130. The van der Waals surface area contributed by atoms with Crippen molar-refractivity contribution >= 4 is 5.69 Å². The molecular weight excluding hydrogens is 274 g/mol. The molecule has 0 radical (unpaired) electrons. The van der Waals surface area contributed by atoms with Gasteiger partial charge in [0.15, 0.2) is 5.82 Å². The molecular formula is C13H15N5O3. The van der Waals surface area contributed by atoms with Gasteiger partial charge in [-0.2, -0.15) is 4.98 Å². The van der Waals surface area contributed by atoms with Crippen molar-refractivity contribution in [1.82, 2.24) is 20.4 Å². The summed E-state index contributed by atoms with van der Waals surface area (Å²) >= 11 is 0. The Hall–Kier alpha value is -2.32. The van der Waals surface area contributed by atoms with Crippen LogP contribution in [0, 0.1) is 10.1 Å². The van der Waals surface area contributed by atoms with E-state index in [0.717, 1.165) is 19.6 Å². The number of likely N-dealkylation sites (N-methyl/N-ethyl adjacent to an activating group) is 1. The molecule has 1 saturated heterocycles. The first-order chi connectivity index (χ1) is 10.2. The fourth-order valence-electron chi connectivity index (χ4n) is 2.39. The monoisotopic (exact) mass is 289 g/mol. The Morgan fingerprint density at radius 1 is 1.48 bits per heavy atom. The fraction of sp³-hybridized carbons (Fsp3) is 0.385. The van der Waals surface area contributed by atoms with E-state index in [9.17, 15) is 10.1 Å². The molecule has 8 nitrogen and oxygen atoms in total. The highest BCUT2D eigenvalue weighted by Gasteiger charge is 2.27. The molecule has 110 valence electrons. The number of hydrogen-bond acceptors (Lipinski definition) is 7. The maximum Gasteiger partial charge on any atom is 0.282 e. The van der Waals surface area contributed by atoms with Gasteiger partial charge in [-0.15, -0.1) is 0 Å². The zero-order chi connectivity index (χ0) is 14.8. The Morgan fingerprint density at radius 2 is 2.29 bits per heavy atom. The predicted octanol–water partition coefficient (Wildman–Crippen LogP) is 1.22. The zero-order valence-electron chi connectivity index (χ0n) is 11.5. The zero-order valence-corrected chi connectivity index (χ0v) is 11.5. The van der Waals surface area contributed by atoms with Gasteiger partial charge in [0, 0.05) is 25.7 Å². The molecule has 1 unspecified atom stereocenters. The van der Waals surface area contributed by atoms with E-state index in [2.05, 4.69) is 20.4 Å². The van der Waals surface area contributed by atoms with Gasteiger partial charge in [0.25, 0.3) is 11.6 Å². The highest BCUT2D eigenvalue weighted by Crippen LogP contribution is 2.29. The van der Waals surface area contributed by atoms with Gasteiger partial charge in [0.2, 0.25) is 0 Å². The molecule has 0 spiro atoms. The van der Waals surface area contributed by atoms with Gasteiger partial charge in [-0.05, 0) is 13.1 Å². The third kappa shape index (κ3) is 2.63. The van der Waals surface area contributed by atoms with E-state index in [1.807, 2.05) is 7.05 Å². The summed E-state index contributed by atoms with van der Waals surface area (Å²) in [7, 11) is 1.99. The van der Waals surface area contributed by atoms with Crippen LogP contribution in [0.15, 0.2) is 28.8 Å². The Balaban J connectivity index is 1.93. The van der Waals surface area contributed by atoms with Gasteiger partial charge in [0.1, 0.15) is 5.56 Å². The molecule has 3 rings (SSSR count). The quantitative estimate of drug-likeness (QED) is 0.670. The second-order valence-corrected chi connectivity index (χ2v) is 4.93. The summed E-state index contributed by atoms with van der Waals surface area (Å²) < 4.78 is 5.22. The first-order valence-electron chi connectivity index (χ1n) is 6.65. The Morgan fingerprint density at radius 3 is 3.05 bits per heavy atom. The van der Waals surface area contributed by atoms with Crippen molar-refractivity contribution in [2.45, 2.75) is 6.04 Å². The predicted molar refractivity (Wildman–Crippen MR) is 74.6 cm³/mol. The molecule has 1 fully saturated rings. The summed E-state index contributed by atoms with van der Waals surface area (Å²) in [6, 6.07) is 6.36. The van der Waals surface area contributed by atoms with Crippen LogP contribution in [0.4, 0.5) is 5.69 Å². The van der Waals surface area contributed by atoms with Crippen molar-refractivity contribution in [1.29, 1.82) is 0 Å². The lowest BCUT2D eigenvalue weighted by Crippen LogP contribution is -2.44. The molecule has 1 aliphatic heterocycles. The summed E-state index contributed by atoms with van der Waals surface area (Å²) in [4.78, 5) is 17.1. The second kappa shape index (κ2) is 5.58. The average Bonchev–Trinajstić information content (AvgIpc) is 2.97. The topological polar surface area (TPSA) is 97.3 Å². The molecule has 0 aliphatic carbocycles. The number of para-hydroxylation sites is 1. The lowest BCUT2D eigenvalue weighted by molar-refractivity contribution is -0.384. The van der Waals surface area contributed by atoms with E-state index in [0.29, 0.717) is 11.4 Å². The molecule has 2 aromatic rings. The molecule has 8 heteroatoms. The van der Waals surface area contributed by atoms with Crippen molar-refractivity contribution in [3.8, 4) is 11.5 Å². The Bertz CT molecular complexity index is 657. The number of nitro groups is 1. The fourth-order valence-corrected chi connectivity index (χ4v) is 2.39. The van der Waals surface area contributed by atoms with Crippen LogP contribution in [-0.2, 0) is 0 Å². The molecule has 2 heterocycles. The van der Waals surface area contributed by atoms with Crippen LogP contribution in [0.3, 0.4) is 0 Å². The van der Waals surface area contributed by atoms with E-state index in [-0.39, 0.29) is 17.6 Å². The summed E-state index contributed by atoms with van der Waals surface area (Å²) in [6.45, 7) is 2.54. The average molecular weight is 289 g/mol. The van der Waals surface area contributed by atoms with Crippen LogP contribution in [-0.4, -0.2) is 46.6 Å². The first-order valence-corrected chi connectivity index (χ1v) is 6.65. The van der Waals surface area contributed by atoms with E-state index >= 15 is 0 Å². The summed E-state index contributed by atoms with van der Waals surface area (Å²) in [6.07, 6.45) is 0. The number of benzene rings is 1. The van der Waals surface area contributed by atoms with Crippen LogP contribution in [0.25, 0.3) is 11.5 Å². The molecule has 0 saturated carbocycles. The molecule has 1 atom stereocenters. The van der Waals surface area contributed by atoms with Gasteiger partial charge < -0.3 is 9.84 Å². The van der Waals surface area contributed by atoms with Gasteiger partial charge in [-0.1, -0.05) is 17.3 Å². The standard InChI is InChI=1S/C13H15N5O3/c1-17-7-6-14-8-11(17)12-15-13(21-16-12)9-4-2-3-5-10(9)18(19)20/h2-5,11,14H,6-8H2,1H3. The lowest BCUT2D eigenvalue weighted by Gasteiger charge is -2.30. The van der Waals surface area contributed by atoms with Gasteiger partial charge in [0.05, 0.1) is 11.0 Å². The van der Waals surface area contributed by atoms with Crippen LogP contribution in [0.2, 0.25) is 0 Å². The van der Waals surface area contributed by atoms with Crippen molar-refractivity contribution in [3.05, 3.63) is 40.2 Å². The molecule has 1 N–H and O–H groups in total. The summed E-state index contributed by atoms with van der Waals surface area (Å²) in [5, 5.41) is 18.3. The molecule has 1 aromatic carbocycles. The number of piperazine rings is 1. The molecule has 0 amide bonds. The van der Waals surface area contributed by atoms with Crippen LogP contribution in [0.5, 0.6) is 0 Å². The normalized spacial score (nSPS) is 19.6. The molecule has 21 heavy (non-hydrogen) atoms. The Labute approximate surface area is 120 Å². The first kappa shape index (κ1) is 13.7. The van der Waals surface area contributed by atoms with Crippen molar-refractivity contribution in [2.24, 2.45) is 0 Å². The largest absolute Gasteiger partial charge is 0.334 e. The van der Waals surface area contributed by atoms with E-state index in [4.69, 9.17) is 4.52 Å². The number of nitrogens with zero attached hydrogens (tertiary/aromatic N) is 4. The summed E-state index contributed by atoms with van der Waals surface area (Å²) in [5.74, 6) is 0.717.